The molecule has 114 valence electrons. The lowest BCUT2D eigenvalue weighted by molar-refractivity contribution is 0.306. The predicted octanol–water partition coefficient (Wildman–Crippen LogP) is 5.37. The number of nitrogens with one attached hydrogen (secondary N) is 1. The summed E-state index contributed by atoms with van der Waals surface area (Å²) in [6.07, 6.45) is 4.95. The number of hydrogen-bond acceptors (Lipinski definition) is 1. The molecule has 1 rings (SSSR count). The van der Waals surface area contributed by atoms with Gasteiger partial charge in [-0.05, 0) is 49.1 Å². The predicted molar refractivity (Wildman–Crippen MR) is 90.2 cm³/mol. The zero-order chi connectivity index (χ0) is 15.0. The molecule has 2 atom stereocenters. The second kappa shape index (κ2) is 8.46. The first kappa shape index (κ1) is 17.2. The third-order valence-corrected chi connectivity index (χ3v) is 4.02. The summed E-state index contributed by atoms with van der Waals surface area (Å²) in [4.78, 5) is 0. The molecule has 0 heterocycles. The van der Waals surface area contributed by atoms with Crippen molar-refractivity contribution in [3.05, 3.63) is 35.9 Å². The van der Waals surface area contributed by atoms with Gasteiger partial charge in [-0.25, -0.2) is 0 Å². The Morgan fingerprint density at radius 1 is 1.05 bits per heavy atom. The van der Waals surface area contributed by atoms with Crippen molar-refractivity contribution < 1.29 is 0 Å². The smallest absolute Gasteiger partial charge is 0.0136 e. The van der Waals surface area contributed by atoms with Gasteiger partial charge in [-0.1, -0.05) is 65.0 Å². The van der Waals surface area contributed by atoms with E-state index in [1.165, 1.54) is 31.2 Å². The monoisotopic (exact) mass is 275 g/mol. The third kappa shape index (κ3) is 6.09. The first-order chi connectivity index (χ1) is 9.48. The fourth-order valence-corrected chi connectivity index (χ4v) is 2.82. The maximum Gasteiger partial charge on any atom is 0.0136 e. The minimum Gasteiger partial charge on any atom is -0.313 e. The van der Waals surface area contributed by atoms with Crippen LogP contribution < -0.4 is 5.32 Å². The fourth-order valence-electron chi connectivity index (χ4n) is 2.82. The maximum absolute atomic E-state index is 3.79. The molecule has 0 radical (unpaired) electrons. The summed E-state index contributed by atoms with van der Waals surface area (Å²) in [5.41, 5.74) is 1.90. The summed E-state index contributed by atoms with van der Waals surface area (Å²) in [6.45, 7) is 12.7. The van der Waals surface area contributed by atoms with Crippen LogP contribution in [-0.2, 0) is 0 Å². The average molecular weight is 275 g/mol. The highest BCUT2D eigenvalue weighted by atomic mass is 14.9. The Labute approximate surface area is 126 Å². The highest BCUT2D eigenvalue weighted by molar-refractivity contribution is 5.21. The van der Waals surface area contributed by atoms with Crippen LogP contribution in [0.4, 0.5) is 0 Å². The van der Waals surface area contributed by atoms with E-state index in [9.17, 15) is 0 Å². The number of hydrogen-bond donors (Lipinski definition) is 1. The molecular weight excluding hydrogens is 242 g/mol. The van der Waals surface area contributed by atoms with E-state index in [4.69, 9.17) is 0 Å². The van der Waals surface area contributed by atoms with Crippen LogP contribution in [0.2, 0.25) is 0 Å². The average Bonchev–Trinajstić information content (AvgIpc) is 2.42. The molecule has 0 saturated heterocycles. The second-order valence-electron chi connectivity index (χ2n) is 7.09. The zero-order valence-electron chi connectivity index (χ0n) is 14.1. The van der Waals surface area contributed by atoms with Gasteiger partial charge >= 0.3 is 0 Å². The summed E-state index contributed by atoms with van der Waals surface area (Å²) in [5, 5.41) is 3.79. The first-order valence-electron chi connectivity index (χ1n) is 8.26. The van der Waals surface area contributed by atoms with Crippen LogP contribution in [0.15, 0.2) is 30.3 Å². The van der Waals surface area contributed by atoms with Gasteiger partial charge < -0.3 is 5.32 Å². The van der Waals surface area contributed by atoms with Crippen LogP contribution >= 0.6 is 0 Å². The lowest BCUT2D eigenvalue weighted by atomic mass is 9.82. The van der Waals surface area contributed by atoms with Gasteiger partial charge in [0.1, 0.15) is 0 Å². The van der Waals surface area contributed by atoms with Crippen molar-refractivity contribution in [2.24, 2.45) is 5.41 Å². The summed E-state index contributed by atoms with van der Waals surface area (Å²) in [5.74, 6) is 0.630. The van der Waals surface area contributed by atoms with E-state index in [1.54, 1.807) is 0 Å². The molecule has 0 aliphatic heterocycles. The lowest BCUT2D eigenvalue weighted by Crippen LogP contribution is -2.36. The van der Waals surface area contributed by atoms with Crippen LogP contribution in [0, 0.1) is 5.41 Å². The molecular formula is C19H33N. The van der Waals surface area contributed by atoms with Crippen LogP contribution in [-0.4, -0.2) is 12.6 Å². The van der Waals surface area contributed by atoms with Crippen molar-refractivity contribution in [2.45, 2.75) is 72.3 Å². The van der Waals surface area contributed by atoms with Gasteiger partial charge in [0.05, 0.1) is 0 Å². The van der Waals surface area contributed by atoms with Gasteiger partial charge in [0, 0.05) is 6.04 Å². The normalized spacial score (nSPS) is 15.1. The third-order valence-electron chi connectivity index (χ3n) is 4.02. The van der Waals surface area contributed by atoms with E-state index in [2.05, 4.69) is 70.3 Å². The molecule has 1 heteroatoms. The standard InChI is InChI=1S/C19H33N/c1-6-15-20-18(13-14-19(3,4)5)17(7-2)16-11-9-8-10-12-16/h8-12,17-18,20H,6-7,13-15H2,1-5H3. The Hall–Kier alpha value is -0.820. The summed E-state index contributed by atoms with van der Waals surface area (Å²) in [6, 6.07) is 11.6. The van der Waals surface area contributed by atoms with Crippen molar-refractivity contribution in [2.75, 3.05) is 6.54 Å². The number of benzene rings is 1. The summed E-state index contributed by atoms with van der Waals surface area (Å²) < 4.78 is 0. The van der Waals surface area contributed by atoms with Gasteiger partial charge in [-0.3, -0.25) is 0 Å². The van der Waals surface area contributed by atoms with Crippen LogP contribution in [0.25, 0.3) is 0 Å². The molecule has 0 aromatic heterocycles. The van der Waals surface area contributed by atoms with Crippen molar-refractivity contribution in [3.8, 4) is 0 Å². The Balaban J connectivity index is 2.78. The fraction of sp³-hybridized carbons (Fsp3) is 0.684. The zero-order valence-corrected chi connectivity index (χ0v) is 14.1. The minimum absolute atomic E-state index is 0.418. The molecule has 0 amide bonds. The molecule has 0 aliphatic rings. The molecule has 0 aliphatic carbocycles. The van der Waals surface area contributed by atoms with E-state index in [-0.39, 0.29) is 0 Å². The molecule has 1 nitrogen and oxygen atoms in total. The topological polar surface area (TPSA) is 12.0 Å². The molecule has 1 N–H and O–H groups in total. The molecule has 1 aromatic carbocycles. The Morgan fingerprint density at radius 3 is 2.20 bits per heavy atom. The molecule has 20 heavy (non-hydrogen) atoms. The summed E-state index contributed by atoms with van der Waals surface area (Å²) in [7, 11) is 0. The Bertz CT molecular complexity index is 350. The second-order valence-corrected chi connectivity index (χ2v) is 7.09. The highest BCUT2D eigenvalue weighted by Gasteiger charge is 2.23. The maximum atomic E-state index is 3.79. The van der Waals surface area contributed by atoms with Gasteiger partial charge in [0.15, 0.2) is 0 Å². The molecule has 2 unspecified atom stereocenters. The van der Waals surface area contributed by atoms with Crippen molar-refractivity contribution in [1.29, 1.82) is 0 Å². The minimum atomic E-state index is 0.418. The van der Waals surface area contributed by atoms with E-state index < -0.39 is 0 Å². The molecule has 0 bridgehead atoms. The van der Waals surface area contributed by atoms with Crippen LogP contribution in [0.1, 0.15) is 71.8 Å². The van der Waals surface area contributed by atoms with Gasteiger partial charge in [-0.15, -0.1) is 0 Å². The number of rotatable bonds is 8. The quantitative estimate of drug-likeness (QED) is 0.672. The van der Waals surface area contributed by atoms with Crippen molar-refractivity contribution in [1.82, 2.24) is 5.32 Å². The molecule has 0 spiro atoms. The molecule has 0 fully saturated rings. The van der Waals surface area contributed by atoms with E-state index >= 15 is 0 Å². The SMILES string of the molecule is CCCNC(CCC(C)(C)C)C(CC)c1ccccc1. The van der Waals surface area contributed by atoms with Crippen molar-refractivity contribution in [3.63, 3.8) is 0 Å². The first-order valence-corrected chi connectivity index (χ1v) is 8.26. The Morgan fingerprint density at radius 2 is 1.70 bits per heavy atom. The van der Waals surface area contributed by atoms with Crippen LogP contribution in [0.3, 0.4) is 0 Å². The van der Waals surface area contributed by atoms with Crippen LogP contribution in [0.5, 0.6) is 0 Å². The van der Waals surface area contributed by atoms with E-state index in [0.717, 1.165) is 6.54 Å². The molecule has 1 aromatic rings. The van der Waals surface area contributed by atoms with Gasteiger partial charge in [0.2, 0.25) is 0 Å². The highest BCUT2D eigenvalue weighted by Crippen LogP contribution is 2.29. The van der Waals surface area contributed by atoms with E-state index in [0.29, 0.717) is 17.4 Å². The van der Waals surface area contributed by atoms with Gasteiger partial charge in [0.25, 0.3) is 0 Å². The summed E-state index contributed by atoms with van der Waals surface area (Å²) >= 11 is 0. The van der Waals surface area contributed by atoms with Gasteiger partial charge in [-0.2, -0.15) is 0 Å². The lowest BCUT2D eigenvalue weighted by Gasteiger charge is -2.30. The molecule has 0 saturated carbocycles. The Kier molecular flexibility index (Phi) is 7.29. The van der Waals surface area contributed by atoms with Crippen molar-refractivity contribution >= 4 is 0 Å². The largest absolute Gasteiger partial charge is 0.313 e. The van der Waals surface area contributed by atoms with E-state index in [1.807, 2.05) is 0 Å².